The number of allylic oxidation sites excluding steroid dienone is 20. The van der Waals surface area contributed by atoms with Crippen molar-refractivity contribution in [2.24, 2.45) is 0 Å². The Kier molecular flexibility index (Phi) is 58.9. The number of hydrogen-bond donors (Lipinski definition) is 0. The van der Waals surface area contributed by atoms with E-state index in [-0.39, 0.29) is 31.1 Å². The maximum absolute atomic E-state index is 12.9. The van der Waals surface area contributed by atoms with Crippen LogP contribution in [0.15, 0.2) is 122 Å². The largest absolute Gasteiger partial charge is 0.462 e. The van der Waals surface area contributed by atoms with Gasteiger partial charge < -0.3 is 14.2 Å². The van der Waals surface area contributed by atoms with E-state index >= 15 is 0 Å². The van der Waals surface area contributed by atoms with Crippen LogP contribution in [0.2, 0.25) is 0 Å². The van der Waals surface area contributed by atoms with Crippen LogP contribution in [0.4, 0.5) is 0 Å². The van der Waals surface area contributed by atoms with Crippen molar-refractivity contribution in [1.82, 2.24) is 0 Å². The Hall–Kier alpha value is -4.19. The number of hydrogen-bond acceptors (Lipinski definition) is 6. The molecular formula is C69H114O6. The van der Waals surface area contributed by atoms with Crippen LogP contribution in [-0.2, 0) is 28.6 Å². The van der Waals surface area contributed by atoms with Crippen LogP contribution in [0, 0.1) is 0 Å². The molecule has 0 fully saturated rings. The van der Waals surface area contributed by atoms with Gasteiger partial charge in [0.2, 0.25) is 0 Å². The molecule has 0 aromatic heterocycles. The third-order valence-electron chi connectivity index (χ3n) is 12.9. The Morgan fingerprint density at radius 2 is 0.520 bits per heavy atom. The van der Waals surface area contributed by atoms with Crippen molar-refractivity contribution in [3.8, 4) is 0 Å². The molecule has 0 saturated carbocycles. The van der Waals surface area contributed by atoms with Gasteiger partial charge in [-0.1, -0.05) is 258 Å². The third kappa shape index (κ3) is 60.6. The summed E-state index contributed by atoms with van der Waals surface area (Å²) in [4.78, 5) is 38.2. The highest BCUT2D eigenvalue weighted by atomic mass is 16.6. The molecule has 0 N–H and O–H groups in total. The summed E-state index contributed by atoms with van der Waals surface area (Å²) >= 11 is 0. The van der Waals surface area contributed by atoms with Crippen molar-refractivity contribution in [3.05, 3.63) is 122 Å². The van der Waals surface area contributed by atoms with E-state index in [4.69, 9.17) is 14.2 Å². The zero-order valence-electron chi connectivity index (χ0n) is 48.8. The van der Waals surface area contributed by atoms with Gasteiger partial charge in [0, 0.05) is 19.3 Å². The third-order valence-corrected chi connectivity index (χ3v) is 12.9. The maximum Gasteiger partial charge on any atom is 0.306 e. The Morgan fingerprint density at radius 3 is 0.813 bits per heavy atom. The lowest BCUT2D eigenvalue weighted by atomic mass is 10.1. The van der Waals surface area contributed by atoms with Gasteiger partial charge in [-0.25, -0.2) is 0 Å². The lowest BCUT2D eigenvalue weighted by Gasteiger charge is -2.18. The zero-order chi connectivity index (χ0) is 54.3. The molecule has 0 spiro atoms. The van der Waals surface area contributed by atoms with Gasteiger partial charge in [0.1, 0.15) is 13.2 Å². The van der Waals surface area contributed by atoms with Crippen LogP contribution in [0.3, 0.4) is 0 Å². The Morgan fingerprint density at radius 1 is 0.280 bits per heavy atom. The summed E-state index contributed by atoms with van der Waals surface area (Å²) in [5.41, 5.74) is 0. The van der Waals surface area contributed by atoms with E-state index in [1.165, 1.54) is 89.9 Å². The number of rotatable bonds is 55. The van der Waals surface area contributed by atoms with E-state index < -0.39 is 6.10 Å². The molecule has 0 aliphatic rings. The number of esters is 3. The zero-order valence-corrected chi connectivity index (χ0v) is 48.8. The lowest BCUT2D eigenvalue weighted by Crippen LogP contribution is -2.30. The molecule has 1 unspecified atom stereocenters. The number of carbonyl (C=O) groups is 3. The second-order valence-corrected chi connectivity index (χ2v) is 20.2. The van der Waals surface area contributed by atoms with Crippen molar-refractivity contribution in [3.63, 3.8) is 0 Å². The smallest absolute Gasteiger partial charge is 0.306 e. The first-order chi connectivity index (χ1) is 37.0. The SMILES string of the molecule is CC/C=C\C/C=C\C/C=C\C/C=C\C/C=C\C/C=C\CCCCCCCCCCCCC(=O)OCC(COC(=O)CCCCCCC/C=C\C/C=C\CCCC)OC(=O)CCCCCCC/C=C\C/C=C\CCCC. The maximum atomic E-state index is 12.9. The average Bonchev–Trinajstić information content (AvgIpc) is 3.41. The Bertz CT molecular complexity index is 1570. The van der Waals surface area contributed by atoms with E-state index in [2.05, 4.69) is 142 Å². The van der Waals surface area contributed by atoms with Crippen molar-refractivity contribution in [2.75, 3.05) is 13.2 Å². The normalized spacial score (nSPS) is 12.9. The minimum Gasteiger partial charge on any atom is -0.462 e. The summed E-state index contributed by atoms with van der Waals surface area (Å²) in [7, 11) is 0. The monoisotopic (exact) mass is 1040 g/mol. The summed E-state index contributed by atoms with van der Waals surface area (Å²) in [6.07, 6.45) is 86.3. The molecule has 1 atom stereocenters. The van der Waals surface area contributed by atoms with Crippen molar-refractivity contribution >= 4 is 17.9 Å². The van der Waals surface area contributed by atoms with Crippen LogP contribution < -0.4 is 0 Å². The molecular weight excluding hydrogens is 925 g/mol. The van der Waals surface area contributed by atoms with Gasteiger partial charge in [-0.15, -0.1) is 0 Å². The molecule has 0 heterocycles. The molecule has 0 radical (unpaired) electrons. The van der Waals surface area contributed by atoms with Gasteiger partial charge in [0.05, 0.1) is 0 Å². The lowest BCUT2D eigenvalue weighted by molar-refractivity contribution is -0.167. The van der Waals surface area contributed by atoms with Crippen molar-refractivity contribution in [2.45, 2.75) is 284 Å². The highest BCUT2D eigenvalue weighted by molar-refractivity contribution is 5.71. The Labute approximate surface area is 462 Å². The van der Waals surface area contributed by atoms with Gasteiger partial charge in [-0.3, -0.25) is 14.4 Å². The van der Waals surface area contributed by atoms with E-state index in [9.17, 15) is 14.4 Å². The first-order valence-electron chi connectivity index (χ1n) is 31.0. The minimum absolute atomic E-state index is 0.0924. The highest BCUT2D eigenvalue weighted by Gasteiger charge is 2.19. The van der Waals surface area contributed by atoms with Crippen molar-refractivity contribution < 1.29 is 28.6 Å². The fraction of sp³-hybridized carbons (Fsp3) is 0.667. The van der Waals surface area contributed by atoms with E-state index in [1.807, 2.05) is 0 Å². The molecule has 0 aliphatic carbocycles. The quantitative estimate of drug-likeness (QED) is 0.0261. The molecule has 0 amide bonds. The second kappa shape index (κ2) is 62.4. The predicted molar refractivity (Wildman–Crippen MR) is 325 cm³/mol. The summed E-state index contributed by atoms with van der Waals surface area (Å²) in [6.45, 7) is 6.42. The molecule has 0 aliphatic heterocycles. The molecule has 426 valence electrons. The minimum atomic E-state index is -0.796. The Balaban J connectivity index is 4.30. The summed E-state index contributed by atoms with van der Waals surface area (Å²) in [5.74, 6) is -0.923. The second-order valence-electron chi connectivity index (χ2n) is 20.2. The van der Waals surface area contributed by atoms with Crippen LogP contribution >= 0.6 is 0 Å². The van der Waals surface area contributed by atoms with E-state index in [1.54, 1.807) is 0 Å². The van der Waals surface area contributed by atoms with E-state index in [0.717, 1.165) is 148 Å². The molecule has 0 saturated heterocycles. The number of unbranched alkanes of at least 4 members (excludes halogenated alkanes) is 24. The van der Waals surface area contributed by atoms with Crippen LogP contribution in [0.5, 0.6) is 0 Å². The molecule has 0 aromatic rings. The molecule has 0 rings (SSSR count). The molecule has 75 heavy (non-hydrogen) atoms. The first kappa shape index (κ1) is 70.8. The first-order valence-corrected chi connectivity index (χ1v) is 31.0. The van der Waals surface area contributed by atoms with Gasteiger partial charge in [-0.05, 0) is 122 Å². The fourth-order valence-corrected chi connectivity index (χ4v) is 8.24. The van der Waals surface area contributed by atoms with Crippen LogP contribution in [0.25, 0.3) is 0 Å². The van der Waals surface area contributed by atoms with E-state index in [0.29, 0.717) is 19.3 Å². The number of ether oxygens (including phenoxy) is 3. The summed E-state index contributed by atoms with van der Waals surface area (Å²) in [6, 6.07) is 0. The van der Waals surface area contributed by atoms with Crippen LogP contribution in [-0.4, -0.2) is 37.2 Å². The fourth-order valence-electron chi connectivity index (χ4n) is 8.24. The molecule has 0 bridgehead atoms. The highest BCUT2D eigenvalue weighted by Crippen LogP contribution is 2.15. The van der Waals surface area contributed by atoms with Crippen LogP contribution in [0.1, 0.15) is 278 Å². The summed E-state index contributed by atoms with van der Waals surface area (Å²) in [5, 5.41) is 0. The topological polar surface area (TPSA) is 78.9 Å². The standard InChI is InChI=1S/C69H114O6/c1-4-7-10-13-16-19-22-25-28-29-30-31-32-33-34-35-36-37-38-39-40-41-42-45-47-50-53-56-59-62-68(71)74-65-66(75-69(72)63-60-57-54-51-48-44-27-24-21-18-15-12-9-6-3)64-73-67(70)61-58-55-52-49-46-43-26-23-20-17-14-11-8-5-2/h7,10,14-19,23-28,30-31,33-34,36-37,66H,4-6,8-9,11-13,20-22,29,32,35,38-65H2,1-3H3/b10-7-,17-14-,18-15-,19-16-,26-23-,27-24-,28-25-,31-30-,34-33-,37-36-. The average molecular weight is 1040 g/mol. The summed E-state index contributed by atoms with van der Waals surface area (Å²) < 4.78 is 16.9. The van der Waals surface area contributed by atoms with Gasteiger partial charge in [0.15, 0.2) is 6.10 Å². The molecule has 6 nitrogen and oxygen atoms in total. The van der Waals surface area contributed by atoms with Gasteiger partial charge in [-0.2, -0.15) is 0 Å². The molecule has 6 heteroatoms. The predicted octanol–water partition coefficient (Wildman–Crippen LogP) is 21.2. The van der Waals surface area contributed by atoms with Gasteiger partial charge in [0.25, 0.3) is 0 Å². The number of carbonyl (C=O) groups excluding carboxylic acids is 3. The van der Waals surface area contributed by atoms with Gasteiger partial charge >= 0.3 is 17.9 Å². The molecule has 0 aromatic carbocycles. The van der Waals surface area contributed by atoms with Crippen molar-refractivity contribution in [1.29, 1.82) is 0 Å².